The highest BCUT2D eigenvalue weighted by atomic mass is 19.4. The molecule has 0 unspecified atom stereocenters. The maximum Gasteiger partial charge on any atom is 0.419 e. The summed E-state index contributed by atoms with van der Waals surface area (Å²) in [5, 5.41) is 3.38. The number of fused-ring (bicyclic) bond motifs is 1. The van der Waals surface area contributed by atoms with Gasteiger partial charge in [-0.05, 0) is 44.9 Å². The Morgan fingerprint density at radius 2 is 1.91 bits per heavy atom. The van der Waals surface area contributed by atoms with Crippen molar-refractivity contribution in [3.05, 3.63) is 52.9 Å². The van der Waals surface area contributed by atoms with Crippen LogP contribution in [0, 0.1) is 18.6 Å². The molecule has 1 fully saturated rings. The number of halogens is 5. The number of hydrogen-bond donors (Lipinski definition) is 1. The van der Waals surface area contributed by atoms with E-state index < -0.39 is 35.0 Å². The van der Waals surface area contributed by atoms with Gasteiger partial charge in [0.2, 0.25) is 0 Å². The largest absolute Gasteiger partial charge is 0.493 e. The Bertz CT molecular complexity index is 1230. The van der Waals surface area contributed by atoms with Crippen molar-refractivity contribution in [2.45, 2.75) is 45.0 Å². The second-order valence-corrected chi connectivity index (χ2v) is 8.31. The van der Waals surface area contributed by atoms with Crippen molar-refractivity contribution in [2.24, 2.45) is 0 Å². The van der Waals surface area contributed by atoms with Crippen LogP contribution in [0.1, 0.15) is 42.8 Å². The molecule has 1 N–H and O–H groups in total. The van der Waals surface area contributed by atoms with E-state index in [1.807, 2.05) is 0 Å². The summed E-state index contributed by atoms with van der Waals surface area (Å²) in [4.78, 5) is 8.73. The molecule has 2 atom stereocenters. The smallest absolute Gasteiger partial charge is 0.419 e. The highest BCUT2D eigenvalue weighted by Crippen LogP contribution is 2.38. The van der Waals surface area contributed by atoms with Crippen LogP contribution in [0.3, 0.4) is 0 Å². The molecule has 4 rings (SSSR count). The molecule has 2 aromatic carbocycles. The summed E-state index contributed by atoms with van der Waals surface area (Å²) in [6.45, 7) is 4.03. The molecule has 0 radical (unpaired) electrons. The topological polar surface area (TPSA) is 65.5 Å². The molecule has 0 spiro atoms. The van der Waals surface area contributed by atoms with Crippen LogP contribution in [0.25, 0.3) is 10.9 Å². The van der Waals surface area contributed by atoms with Crippen LogP contribution in [0.2, 0.25) is 0 Å². The Balaban J connectivity index is 1.70. The first kappa shape index (κ1) is 24.9. The molecule has 2 heterocycles. The molecule has 0 bridgehead atoms. The summed E-state index contributed by atoms with van der Waals surface area (Å²) in [6.07, 6.45) is -3.25. The molecular formula is C24H24F5N3O3. The maximum atomic E-state index is 14.7. The number of nitrogens with zero attached hydrogens (tertiary/aromatic N) is 2. The zero-order valence-electron chi connectivity index (χ0n) is 19.3. The quantitative estimate of drug-likeness (QED) is 0.406. The number of alkyl halides is 3. The molecule has 6 nitrogen and oxygen atoms in total. The van der Waals surface area contributed by atoms with Crippen LogP contribution >= 0.6 is 0 Å². The van der Waals surface area contributed by atoms with Gasteiger partial charge in [0.15, 0.2) is 11.5 Å². The summed E-state index contributed by atoms with van der Waals surface area (Å²) in [6, 6.07) is 3.11. The average Bonchev–Trinajstić information content (AvgIpc) is 3.31. The fraction of sp³-hybridized carbons (Fsp3) is 0.417. The van der Waals surface area contributed by atoms with Gasteiger partial charge in [-0.25, -0.2) is 18.7 Å². The van der Waals surface area contributed by atoms with Gasteiger partial charge in [0.05, 0.1) is 30.3 Å². The average molecular weight is 497 g/mol. The first-order valence-corrected chi connectivity index (χ1v) is 11.0. The zero-order valence-corrected chi connectivity index (χ0v) is 19.3. The van der Waals surface area contributed by atoms with Gasteiger partial charge in [-0.2, -0.15) is 13.2 Å². The molecule has 1 aromatic heterocycles. The molecule has 1 aliphatic heterocycles. The van der Waals surface area contributed by atoms with E-state index in [9.17, 15) is 22.0 Å². The SMILES string of the molecule is COc1cc2nc(C)nc(N[C@H](C)c3cc(F)cc(C(F)(F)F)c3F)c2cc1OC[C@H]1CCCO1. The maximum absolute atomic E-state index is 14.7. The number of aryl methyl sites for hydroxylation is 1. The number of methoxy groups -OCH3 is 1. The highest BCUT2D eigenvalue weighted by molar-refractivity contribution is 5.92. The van der Waals surface area contributed by atoms with E-state index in [4.69, 9.17) is 14.2 Å². The minimum Gasteiger partial charge on any atom is -0.493 e. The molecule has 0 aliphatic carbocycles. The van der Waals surface area contributed by atoms with E-state index in [1.165, 1.54) is 14.0 Å². The van der Waals surface area contributed by atoms with Gasteiger partial charge >= 0.3 is 6.18 Å². The number of rotatable bonds is 7. The number of ether oxygens (including phenoxy) is 3. The second kappa shape index (κ2) is 9.80. The lowest BCUT2D eigenvalue weighted by Crippen LogP contribution is -2.17. The van der Waals surface area contributed by atoms with Gasteiger partial charge in [0.1, 0.15) is 29.9 Å². The molecule has 35 heavy (non-hydrogen) atoms. The van der Waals surface area contributed by atoms with E-state index >= 15 is 0 Å². The fourth-order valence-corrected chi connectivity index (χ4v) is 4.01. The van der Waals surface area contributed by atoms with Crippen LogP contribution in [0.15, 0.2) is 24.3 Å². The number of hydrogen-bond acceptors (Lipinski definition) is 6. The Morgan fingerprint density at radius 3 is 2.57 bits per heavy atom. The standard InChI is InChI=1S/C24H24F5N3O3/c1-12(16-7-14(25)8-18(22(16)26)24(27,28)29)30-23-17-9-21(35-11-15-5-4-6-34-15)20(33-3)10-19(17)31-13(2)32-23/h7-10,12,15H,4-6,11H2,1-3H3,(H,30,31,32)/t12-,15-/m1/s1. The molecule has 3 aromatic rings. The number of aromatic nitrogens is 2. The third kappa shape index (κ3) is 5.39. The van der Waals surface area contributed by atoms with E-state index in [0.717, 1.165) is 18.9 Å². The van der Waals surface area contributed by atoms with Crippen molar-refractivity contribution in [1.82, 2.24) is 9.97 Å². The Kier molecular flexibility index (Phi) is 6.98. The minimum atomic E-state index is -5.04. The van der Waals surface area contributed by atoms with E-state index in [2.05, 4.69) is 15.3 Å². The molecule has 1 saturated heterocycles. The lowest BCUT2D eigenvalue weighted by atomic mass is 10.0. The number of anilines is 1. The molecule has 1 aliphatic rings. The van der Waals surface area contributed by atoms with Crippen molar-refractivity contribution in [3.63, 3.8) is 0 Å². The van der Waals surface area contributed by atoms with Gasteiger partial charge < -0.3 is 19.5 Å². The molecule has 188 valence electrons. The summed E-state index contributed by atoms with van der Waals surface area (Å²) < 4.78 is 85.1. The number of benzene rings is 2. The molecule has 0 saturated carbocycles. The van der Waals surface area contributed by atoms with Crippen molar-refractivity contribution in [2.75, 3.05) is 25.6 Å². The summed E-state index contributed by atoms with van der Waals surface area (Å²) in [5.74, 6) is -1.33. The Morgan fingerprint density at radius 1 is 1.14 bits per heavy atom. The van der Waals surface area contributed by atoms with Gasteiger partial charge in [-0.3, -0.25) is 0 Å². The predicted molar refractivity (Wildman–Crippen MR) is 119 cm³/mol. The van der Waals surface area contributed by atoms with Crippen LogP contribution in [0.4, 0.5) is 27.8 Å². The van der Waals surface area contributed by atoms with Crippen LogP contribution in [-0.2, 0) is 10.9 Å². The summed E-state index contributed by atoms with van der Waals surface area (Å²) in [7, 11) is 1.49. The Labute approximate surface area is 198 Å². The Hall–Kier alpha value is -3.21. The minimum absolute atomic E-state index is 0.0407. The van der Waals surface area contributed by atoms with Gasteiger partial charge in [0, 0.05) is 23.6 Å². The van der Waals surface area contributed by atoms with Crippen molar-refractivity contribution in [3.8, 4) is 11.5 Å². The van der Waals surface area contributed by atoms with Crippen molar-refractivity contribution >= 4 is 16.7 Å². The van der Waals surface area contributed by atoms with Gasteiger partial charge in [-0.1, -0.05) is 0 Å². The molecule has 0 amide bonds. The summed E-state index contributed by atoms with van der Waals surface area (Å²) >= 11 is 0. The monoisotopic (exact) mass is 497 g/mol. The normalized spacial score (nSPS) is 17.0. The molecular weight excluding hydrogens is 473 g/mol. The third-order valence-electron chi connectivity index (χ3n) is 5.73. The first-order chi connectivity index (χ1) is 16.6. The first-order valence-electron chi connectivity index (χ1n) is 11.0. The van der Waals surface area contributed by atoms with Crippen molar-refractivity contribution < 1.29 is 36.2 Å². The molecule has 11 heteroatoms. The lowest BCUT2D eigenvalue weighted by Gasteiger charge is -2.20. The fourth-order valence-electron chi connectivity index (χ4n) is 4.01. The van der Waals surface area contributed by atoms with Crippen LogP contribution in [0.5, 0.6) is 11.5 Å². The van der Waals surface area contributed by atoms with E-state index in [1.54, 1.807) is 19.1 Å². The van der Waals surface area contributed by atoms with Crippen molar-refractivity contribution in [1.29, 1.82) is 0 Å². The lowest BCUT2D eigenvalue weighted by molar-refractivity contribution is -0.140. The van der Waals surface area contributed by atoms with Gasteiger partial charge in [-0.15, -0.1) is 0 Å². The van der Waals surface area contributed by atoms with Gasteiger partial charge in [0.25, 0.3) is 0 Å². The predicted octanol–water partition coefficient (Wildman–Crippen LogP) is 5.97. The summed E-state index contributed by atoms with van der Waals surface area (Å²) in [5.41, 5.74) is -1.67. The second-order valence-electron chi connectivity index (χ2n) is 8.31. The third-order valence-corrected chi connectivity index (χ3v) is 5.73. The number of nitrogens with one attached hydrogen (secondary N) is 1. The highest BCUT2D eigenvalue weighted by Gasteiger charge is 2.36. The van der Waals surface area contributed by atoms with Crippen LogP contribution < -0.4 is 14.8 Å². The van der Waals surface area contributed by atoms with Crippen LogP contribution in [-0.4, -0.2) is 36.4 Å². The zero-order chi connectivity index (χ0) is 25.3. The van der Waals surface area contributed by atoms with E-state index in [0.29, 0.717) is 41.4 Å². The van der Waals surface area contributed by atoms with E-state index in [-0.39, 0.29) is 18.0 Å².